The average Bonchev–Trinajstić information content (AvgIpc) is 2.89. The van der Waals surface area contributed by atoms with Gasteiger partial charge < -0.3 is 10.5 Å². The van der Waals surface area contributed by atoms with Crippen LogP contribution >= 0.6 is 0 Å². The van der Waals surface area contributed by atoms with E-state index in [1.807, 2.05) is 0 Å². The van der Waals surface area contributed by atoms with E-state index >= 15 is 0 Å². The highest BCUT2D eigenvalue weighted by Crippen LogP contribution is 2.31. The van der Waals surface area contributed by atoms with Gasteiger partial charge in [0.05, 0.1) is 11.3 Å². The molecular weight excluding hydrogens is 297 g/mol. The molecule has 3 aromatic rings. The number of hydrogen-bond acceptors (Lipinski definition) is 4. The average molecular weight is 308 g/mol. The summed E-state index contributed by atoms with van der Waals surface area (Å²) in [5.74, 6) is 0.428. The summed E-state index contributed by atoms with van der Waals surface area (Å²) in [5.41, 5.74) is 5.92. The van der Waals surface area contributed by atoms with Gasteiger partial charge in [-0.1, -0.05) is 6.07 Å². The molecule has 0 radical (unpaired) electrons. The van der Waals surface area contributed by atoms with E-state index in [1.165, 1.54) is 16.6 Å². The molecule has 0 aliphatic rings. The van der Waals surface area contributed by atoms with Crippen molar-refractivity contribution in [1.82, 2.24) is 14.6 Å². The van der Waals surface area contributed by atoms with Crippen LogP contribution in [0.15, 0.2) is 42.6 Å². The van der Waals surface area contributed by atoms with Crippen LogP contribution in [0.5, 0.6) is 5.75 Å². The summed E-state index contributed by atoms with van der Waals surface area (Å²) in [6.45, 7) is -0.0531. The third-order valence-electron chi connectivity index (χ3n) is 2.97. The molecule has 0 aliphatic carbocycles. The van der Waals surface area contributed by atoms with Crippen LogP contribution in [-0.4, -0.2) is 14.6 Å². The van der Waals surface area contributed by atoms with E-state index in [0.717, 1.165) is 12.1 Å². The second-order valence-electron chi connectivity index (χ2n) is 4.57. The third-order valence-corrected chi connectivity index (χ3v) is 2.97. The summed E-state index contributed by atoms with van der Waals surface area (Å²) >= 11 is 0. The molecule has 2 heterocycles. The molecule has 2 N–H and O–H groups in total. The summed E-state index contributed by atoms with van der Waals surface area (Å²) in [5, 5.41) is 4.14. The van der Waals surface area contributed by atoms with Crippen molar-refractivity contribution < 1.29 is 17.9 Å². The van der Waals surface area contributed by atoms with Crippen LogP contribution in [-0.2, 0) is 12.8 Å². The molecule has 0 fully saturated rings. The monoisotopic (exact) mass is 308 g/mol. The fraction of sp³-hybridized carbons (Fsp3) is 0.143. The van der Waals surface area contributed by atoms with Crippen molar-refractivity contribution >= 4 is 11.3 Å². The van der Waals surface area contributed by atoms with Crippen LogP contribution < -0.4 is 10.5 Å². The molecule has 8 heteroatoms. The number of nitrogens with two attached hydrogens (primary N) is 1. The number of anilines is 1. The Bertz CT molecular complexity index is 813. The minimum atomic E-state index is -4.41. The Balaban J connectivity index is 1.78. The Morgan fingerprint density at radius 3 is 2.73 bits per heavy atom. The lowest BCUT2D eigenvalue weighted by Crippen LogP contribution is -2.05. The Kier molecular flexibility index (Phi) is 3.36. The van der Waals surface area contributed by atoms with Gasteiger partial charge in [0, 0.05) is 6.20 Å². The van der Waals surface area contributed by atoms with Gasteiger partial charge in [0.1, 0.15) is 12.4 Å². The highest BCUT2D eigenvalue weighted by molar-refractivity contribution is 5.63. The van der Waals surface area contributed by atoms with E-state index in [2.05, 4.69) is 10.1 Å². The molecule has 0 spiro atoms. The maximum absolute atomic E-state index is 12.6. The SMILES string of the molecule is Nc1cccn2nc(COc3cccc(C(F)(F)F)c3)nc12. The van der Waals surface area contributed by atoms with E-state index in [1.54, 1.807) is 18.3 Å². The van der Waals surface area contributed by atoms with Gasteiger partial charge in [0.25, 0.3) is 0 Å². The van der Waals surface area contributed by atoms with Crippen LogP contribution in [0.4, 0.5) is 18.9 Å². The summed E-state index contributed by atoms with van der Waals surface area (Å²) in [7, 11) is 0. The second kappa shape index (κ2) is 5.21. The molecule has 0 bridgehead atoms. The Morgan fingerprint density at radius 1 is 1.18 bits per heavy atom. The van der Waals surface area contributed by atoms with Gasteiger partial charge in [-0.2, -0.15) is 13.2 Å². The first kappa shape index (κ1) is 14.2. The number of benzene rings is 1. The van der Waals surface area contributed by atoms with Gasteiger partial charge in [-0.25, -0.2) is 9.50 Å². The lowest BCUT2D eigenvalue weighted by molar-refractivity contribution is -0.137. The van der Waals surface area contributed by atoms with Crippen LogP contribution in [0.3, 0.4) is 0 Å². The zero-order valence-corrected chi connectivity index (χ0v) is 11.2. The molecule has 0 amide bonds. The van der Waals surface area contributed by atoms with Crippen molar-refractivity contribution in [1.29, 1.82) is 0 Å². The first-order valence-electron chi connectivity index (χ1n) is 6.33. The minimum Gasteiger partial charge on any atom is -0.486 e. The predicted molar refractivity (Wildman–Crippen MR) is 73.2 cm³/mol. The molecule has 114 valence electrons. The van der Waals surface area contributed by atoms with E-state index in [4.69, 9.17) is 10.5 Å². The number of pyridine rings is 1. The number of fused-ring (bicyclic) bond motifs is 1. The van der Waals surface area contributed by atoms with Crippen molar-refractivity contribution in [2.75, 3.05) is 5.73 Å². The number of hydrogen-bond donors (Lipinski definition) is 1. The Labute approximate surface area is 123 Å². The first-order chi connectivity index (χ1) is 10.4. The van der Waals surface area contributed by atoms with Crippen molar-refractivity contribution in [2.45, 2.75) is 12.8 Å². The Morgan fingerprint density at radius 2 is 2.00 bits per heavy atom. The van der Waals surface area contributed by atoms with Crippen molar-refractivity contribution in [3.05, 3.63) is 54.0 Å². The van der Waals surface area contributed by atoms with Gasteiger partial charge in [-0.15, -0.1) is 5.10 Å². The highest BCUT2D eigenvalue weighted by Gasteiger charge is 2.30. The van der Waals surface area contributed by atoms with Crippen molar-refractivity contribution in [3.8, 4) is 5.75 Å². The zero-order chi connectivity index (χ0) is 15.7. The highest BCUT2D eigenvalue weighted by atomic mass is 19.4. The fourth-order valence-electron chi connectivity index (χ4n) is 1.94. The lowest BCUT2D eigenvalue weighted by atomic mass is 10.2. The van der Waals surface area contributed by atoms with Crippen LogP contribution in [0.25, 0.3) is 5.65 Å². The topological polar surface area (TPSA) is 65.4 Å². The number of ether oxygens (including phenoxy) is 1. The molecule has 0 saturated heterocycles. The largest absolute Gasteiger partial charge is 0.486 e. The van der Waals surface area contributed by atoms with Gasteiger partial charge in [0.2, 0.25) is 0 Å². The van der Waals surface area contributed by atoms with Gasteiger partial charge in [0.15, 0.2) is 11.5 Å². The summed E-state index contributed by atoms with van der Waals surface area (Å²) in [4.78, 5) is 4.18. The predicted octanol–water partition coefficient (Wildman–Crippen LogP) is 2.91. The number of aromatic nitrogens is 3. The van der Waals surface area contributed by atoms with Crippen LogP contribution in [0, 0.1) is 0 Å². The first-order valence-corrected chi connectivity index (χ1v) is 6.33. The summed E-state index contributed by atoms with van der Waals surface area (Å²) in [6, 6.07) is 8.05. The van der Waals surface area contributed by atoms with Crippen molar-refractivity contribution in [3.63, 3.8) is 0 Å². The molecular formula is C14H11F3N4O. The fourth-order valence-corrected chi connectivity index (χ4v) is 1.94. The molecule has 22 heavy (non-hydrogen) atoms. The summed E-state index contributed by atoms with van der Waals surface area (Å²) < 4.78 is 44.7. The van der Waals surface area contributed by atoms with Crippen LogP contribution in [0.2, 0.25) is 0 Å². The summed E-state index contributed by atoms with van der Waals surface area (Å²) in [6.07, 6.45) is -2.73. The molecule has 0 unspecified atom stereocenters. The maximum atomic E-state index is 12.6. The quantitative estimate of drug-likeness (QED) is 0.808. The Hall–Kier alpha value is -2.77. The second-order valence-corrected chi connectivity index (χ2v) is 4.57. The normalized spacial score (nSPS) is 11.8. The molecule has 5 nitrogen and oxygen atoms in total. The number of rotatable bonds is 3. The zero-order valence-electron chi connectivity index (χ0n) is 11.2. The molecule has 0 aliphatic heterocycles. The number of halogens is 3. The maximum Gasteiger partial charge on any atom is 0.416 e. The van der Waals surface area contributed by atoms with Gasteiger partial charge >= 0.3 is 6.18 Å². The molecule has 0 atom stereocenters. The smallest absolute Gasteiger partial charge is 0.416 e. The molecule has 0 saturated carbocycles. The van der Waals surface area contributed by atoms with E-state index in [-0.39, 0.29) is 12.4 Å². The minimum absolute atomic E-state index is 0.0531. The standard InChI is InChI=1S/C14H11F3N4O/c15-14(16,17)9-3-1-4-10(7-9)22-8-12-19-13-11(18)5-2-6-21(13)20-12/h1-7H,8,18H2. The number of alkyl halides is 3. The molecule has 3 rings (SSSR count). The van der Waals surface area contributed by atoms with E-state index < -0.39 is 11.7 Å². The molecule has 2 aromatic heterocycles. The molecule has 1 aromatic carbocycles. The van der Waals surface area contributed by atoms with Crippen LogP contribution in [0.1, 0.15) is 11.4 Å². The van der Waals surface area contributed by atoms with Crippen molar-refractivity contribution in [2.24, 2.45) is 0 Å². The lowest BCUT2D eigenvalue weighted by Gasteiger charge is -2.09. The van der Waals surface area contributed by atoms with E-state index in [9.17, 15) is 13.2 Å². The van der Waals surface area contributed by atoms with E-state index in [0.29, 0.717) is 17.2 Å². The number of nitrogens with zero attached hydrogens (tertiary/aromatic N) is 3. The third kappa shape index (κ3) is 2.80. The van der Waals surface area contributed by atoms with Gasteiger partial charge in [-0.05, 0) is 30.3 Å². The van der Waals surface area contributed by atoms with Gasteiger partial charge in [-0.3, -0.25) is 0 Å². The number of nitrogen functional groups attached to an aromatic ring is 1.